The van der Waals surface area contributed by atoms with E-state index in [1.54, 1.807) is 6.07 Å². The maximum Gasteiger partial charge on any atom is 0.319 e. The molecule has 0 saturated carbocycles. The number of hydrogen-bond acceptors (Lipinski definition) is 2. The second kappa shape index (κ2) is 15.5. The Morgan fingerprint density at radius 2 is 1.32 bits per heavy atom. The lowest BCUT2D eigenvalue weighted by molar-refractivity contribution is 0.248. The van der Waals surface area contributed by atoms with E-state index < -0.39 is 0 Å². The first-order chi connectivity index (χ1) is 14.9. The van der Waals surface area contributed by atoms with E-state index in [0.29, 0.717) is 36.3 Å². The number of unbranched alkanes of at least 4 members (excludes halogenated alkanes) is 2. The molecule has 6 heteroatoms. The Hall–Kier alpha value is -2.24. The quantitative estimate of drug-likeness (QED) is 0.265. The summed E-state index contributed by atoms with van der Waals surface area (Å²) < 4.78 is 0. The van der Waals surface area contributed by atoms with Crippen molar-refractivity contribution in [2.45, 2.75) is 86.0 Å². The van der Waals surface area contributed by atoms with E-state index in [9.17, 15) is 9.59 Å². The number of anilines is 2. The SMILES string of the molecule is CCCCC(CC)CNC(=O)Nc1ccc(C)c(NC(=O)NCC(CC)CCCC)c1. The molecule has 31 heavy (non-hydrogen) atoms. The lowest BCUT2D eigenvalue weighted by Gasteiger charge is -2.17. The zero-order valence-electron chi connectivity index (χ0n) is 20.3. The molecule has 1 aromatic rings. The van der Waals surface area contributed by atoms with Crippen LogP contribution in [0.25, 0.3) is 0 Å². The molecule has 0 aromatic heterocycles. The Morgan fingerprint density at radius 3 is 1.81 bits per heavy atom. The van der Waals surface area contributed by atoms with Crippen molar-refractivity contribution in [3.63, 3.8) is 0 Å². The minimum absolute atomic E-state index is 0.207. The Morgan fingerprint density at radius 1 is 0.806 bits per heavy atom. The number of hydrogen-bond donors (Lipinski definition) is 4. The molecule has 1 rings (SSSR count). The zero-order chi connectivity index (χ0) is 23.1. The molecule has 0 radical (unpaired) electrons. The van der Waals surface area contributed by atoms with E-state index in [2.05, 4.69) is 49.0 Å². The van der Waals surface area contributed by atoms with Gasteiger partial charge in [0.15, 0.2) is 0 Å². The summed E-state index contributed by atoms with van der Waals surface area (Å²) in [6.45, 7) is 12.0. The summed E-state index contributed by atoms with van der Waals surface area (Å²) in [5.41, 5.74) is 2.31. The van der Waals surface area contributed by atoms with Crippen LogP contribution in [0.2, 0.25) is 0 Å². The van der Waals surface area contributed by atoms with Gasteiger partial charge < -0.3 is 21.3 Å². The standard InChI is InChI=1S/C25H44N4O2/c1-6-10-12-20(8-3)17-26-24(30)28-22-15-14-19(5)23(16-22)29-25(31)27-18-21(9-4)13-11-7-2/h14-16,20-21H,6-13,17-18H2,1-5H3,(H2,26,28,30)(H2,27,29,31). The number of carbonyl (C=O) groups is 2. The molecule has 6 nitrogen and oxygen atoms in total. The van der Waals surface area contributed by atoms with Crippen LogP contribution in [0.4, 0.5) is 21.0 Å². The molecule has 176 valence electrons. The smallest absolute Gasteiger partial charge is 0.319 e. The maximum absolute atomic E-state index is 12.4. The highest BCUT2D eigenvalue weighted by Crippen LogP contribution is 2.20. The highest BCUT2D eigenvalue weighted by Gasteiger charge is 2.11. The van der Waals surface area contributed by atoms with Crippen LogP contribution in [-0.4, -0.2) is 25.2 Å². The van der Waals surface area contributed by atoms with Crippen LogP contribution in [-0.2, 0) is 0 Å². The Bertz CT molecular complexity index is 663. The van der Waals surface area contributed by atoms with Gasteiger partial charge in [0.25, 0.3) is 0 Å². The predicted octanol–water partition coefficient (Wildman–Crippen LogP) is 6.67. The second-order valence-corrected chi connectivity index (χ2v) is 8.53. The fraction of sp³-hybridized carbons (Fsp3) is 0.680. The van der Waals surface area contributed by atoms with Crippen molar-refractivity contribution in [3.05, 3.63) is 23.8 Å². The normalized spacial score (nSPS) is 12.7. The average Bonchev–Trinajstić information content (AvgIpc) is 2.76. The van der Waals surface area contributed by atoms with Crippen molar-refractivity contribution in [2.75, 3.05) is 23.7 Å². The van der Waals surface area contributed by atoms with Gasteiger partial charge in [-0.05, 0) is 49.3 Å². The Balaban J connectivity index is 2.56. The summed E-state index contributed by atoms with van der Waals surface area (Å²) in [7, 11) is 0. The van der Waals surface area contributed by atoms with Gasteiger partial charge in [-0.3, -0.25) is 0 Å². The van der Waals surface area contributed by atoms with Crippen LogP contribution in [0.5, 0.6) is 0 Å². The summed E-state index contributed by atoms with van der Waals surface area (Å²) >= 11 is 0. The van der Waals surface area contributed by atoms with Gasteiger partial charge in [-0.25, -0.2) is 9.59 Å². The van der Waals surface area contributed by atoms with E-state index in [-0.39, 0.29) is 12.1 Å². The molecular formula is C25H44N4O2. The summed E-state index contributed by atoms with van der Waals surface area (Å²) in [6.07, 6.45) is 9.12. The fourth-order valence-electron chi connectivity index (χ4n) is 3.54. The number of aryl methyl sites for hydroxylation is 1. The lowest BCUT2D eigenvalue weighted by atomic mass is 9.99. The summed E-state index contributed by atoms with van der Waals surface area (Å²) in [5, 5.41) is 11.8. The third-order valence-corrected chi connectivity index (χ3v) is 5.93. The Labute approximate surface area is 189 Å². The number of rotatable bonds is 14. The molecule has 0 aliphatic rings. The lowest BCUT2D eigenvalue weighted by Crippen LogP contribution is -2.33. The molecule has 4 amide bonds. The number of urea groups is 2. The topological polar surface area (TPSA) is 82.3 Å². The third kappa shape index (κ3) is 11.1. The number of carbonyl (C=O) groups excluding carboxylic acids is 2. The first kappa shape index (κ1) is 26.8. The van der Waals surface area contributed by atoms with Crippen LogP contribution in [0.15, 0.2) is 18.2 Å². The average molecular weight is 433 g/mol. The molecular weight excluding hydrogens is 388 g/mol. The zero-order valence-corrected chi connectivity index (χ0v) is 20.3. The first-order valence-electron chi connectivity index (χ1n) is 12.1. The van der Waals surface area contributed by atoms with Crippen molar-refractivity contribution in [2.24, 2.45) is 11.8 Å². The van der Waals surface area contributed by atoms with Crippen molar-refractivity contribution >= 4 is 23.4 Å². The molecule has 2 atom stereocenters. The van der Waals surface area contributed by atoms with Crippen LogP contribution >= 0.6 is 0 Å². The van der Waals surface area contributed by atoms with E-state index in [4.69, 9.17) is 0 Å². The highest BCUT2D eigenvalue weighted by molar-refractivity contribution is 5.93. The van der Waals surface area contributed by atoms with Gasteiger partial charge in [0.1, 0.15) is 0 Å². The van der Waals surface area contributed by atoms with Crippen molar-refractivity contribution < 1.29 is 9.59 Å². The molecule has 0 aliphatic carbocycles. The van der Waals surface area contributed by atoms with Crippen molar-refractivity contribution in [1.82, 2.24) is 10.6 Å². The summed E-state index contributed by atoms with van der Waals surface area (Å²) in [4.78, 5) is 24.7. The molecule has 0 bridgehead atoms. The molecule has 0 aliphatic heterocycles. The predicted molar refractivity (Wildman–Crippen MR) is 132 cm³/mol. The van der Waals surface area contributed by atoms with Crippen molar-refractivity contribution in [1.29, 1.82) is 0 Å². The van der Waals surface area contributed by atoms with Gasteiger partial charge in [0.2, 0.25) is 0 Å². The van der Waals surface area contributed by atoms with E-state index in [0.717, 1.165) is 31.2 Å². The van der Waals surface area contributed by atoms with Crippen LogP contribution in [0, 0.1) is 18.8 Å². The largest absolute Gasteiger partial charge is 0.338 e. The van der Waals surface area contributed by atoms with Gasteiger partial charge in [-0.15, -0.1) is 0 Å². The van der Waals surface area contributed by atoms with Gasteiger partial charge in [0, 0.05) is 24.5 Å². The van der Waals surface area contributed by atoms with E-state index in [1.807, 2.05) is 19.1 Å². The molecule has 4 N–H and O–H groups in total. The minimum atomic E-state index is -0.212. The number of benzene rings is 1. The highest BCUT2D eigenvalue weighted by atomic mass is 16.2. The molecule has 0 spiro atoms. The van der Waals surface area contributed by atoms with E-state index in [1.165, 1.54) is 25.7 Å². The van der Waals surface area contributed by atoms with Gasteiger partial charge >= 0.3 is 12.1 Å². The molecule has 0 saturated heterocycles. The Kier molecular flexibility index (Phi) is 13.4. The summed E-state index contributed by atoms with van der Waals surface area (Å²) in [6, 6.07) is 5.14. The fourth-order valence-corrected chi connectivity index (χ4v) is 3.54. The minimum Gasteiger partial charge on any atom is -0.338 e. The van der Waals surface area contributed by atoms with Crippen LogP contribution in [0.3, 0.4) is 0 Å². The first-order valence-corrected chi connectivity index (χ1v) is 12.1. The number of amides is 4. The van der Waals surface area contributed by atoms with Crippen LogP contribution < -0.4 is 21.3 Å². The monoisotopic (exact) mass is 432 g/mol. The number of nitrogens with one attached hydrogen (secondary N) is 4. The molecule has 0 fully saturated rings. The summed E-state index contributed by atoms with van der Waals surface area (Å²) in [5.74, 6) is 1.02. The van der Waals surface area contributed by atoms with Gasteiger partial charge in [-0.2, -0.15) is 0 Å². The van der Waals surface area contributed by atoms with Crippen LogP contribution in [0.1, 0.15) is 84.6 Å². The van der Waals surface area contributed by atoms with Crippen molar-refractivity contribution in [3.8, 4) is 0 Å². The molecule has 0 heterocycles. The van der Waals surface area contributed by atoms with Gasteiger partial charge in [-0.1, -0.05) is 72.3 Å². The second-order valence-electron chi connectivity index (χ2n) is 8.53. The third-order valence-electron chi connectivity index (χ3n) is 5.93. The maximum atomic E-state index is 12.4. The molecule has 2 unspecified atom stereocenters. The van der Waals surface area contributed by atoms with Gasteiger partial charge in [0.05, 0.1) is 0 Å². The van der Waals surface area contributed by atoms with E-state index >= 15 is 0 Å². The molecule has 1 aromatic carbocycles.